The van der Waals surface area contributed by atoms with Crippen molar-refractivity contribution in [1.82, 2.24) is 0 Å². The third-order valence-corrected chi connectivity index (χ3v) is 4.89. The minimum Gasteiger partial charge on any atom is -0.382 e. The number of hydrogen-bond donors (Lipinski definition) is 2. The van der Waals surface area contributed by atoms with Gasteiger partial charge in [-0.15, -0.1) is 12.4 Å². The number of halogens is 1. The summed E-state index contributed by atoms with van der Waals surface area (Å²) in [6.07, 6.45) is 6.39. The molecule has 2 aromatic carbocycles. The summed E-state index contributed by atoms with van der Waals surface area (Å²) in [7, 11) is 0. The molecule has 1 amide bonds. The fourth-order valence-corrected chi connectivity index (χ4v) is 3.60. The zero-order chi connectivity index (χ0) is 16.9. The van der Waals surface area contributed by atoms with Gasteiger partial charge < -0.3 is 11.1 Å². The second kappa shape index (κ2) is 8.91. The molecule has 4 heteroatoms. The van der Waals surface area contributed by atoms with E-state index in [0.717, 1.165) is 43.4 Å². The lowest BCUT2D eigenvalue weighted by Crippen LogP contribution is -2.23. The van der Waals surface area contributed by atoms with Gasteiger partial charge in [0.05, 0.1) is 5.56 Å². The molecule has 134 valence electrons. The van der Waals surface area contributed by atoms with Crippen LogP contribution in [0.5, 0.6) is 0 Å². The van der Waals surface area contributed by atoms with Crippen molar-refractivity contribution in [2.45, 2.75) is 51.5 Å². The van der Waals surface area contributed by atoms with Crippen LogP contribution in [0.3, 0.4) is 0 Å². The zero-order valence-electron chi connectivity index (χ0n) is 14.8. The largest absolute Gasteiger partial charge is 0.382 e. The second-order valence-electron chi connectivity index (χ2n) is 6.77. The maximum atomic E-state index is 12.0. The zero-order valence-corrected chi connectivity index (χ0v) is 15.6. The molecule has 0 heterocycles. The summed E-state index contributed by atoms with van der Waals surface area (Å²) in [5.41, 5.74) is 11.1. The van der Waals surface area contributed by atoms with Gasteiger partial charge in [0, 0.05) is 11.7 Å². The van der Waals surface area contributed by atoms with Crippen LogP contribution in [0.2, 0.25) is 0 Å². The molecule has 0 aromatic heterocycles. The van der Waals surface area contributed by atoms with E-state index in [-0.39, 0.29) is 24.4 Å². The van der Waals surface area contributed by atoms with E-state index in [2.05, 4.69) is 42.6 Å². The average Bonchev–Trinajstić information content (AvgIpc) is 2.60. The van der Waals surface area contributed by atoms with Crippen molar-refractivity contribution in [3.8, 4) is 0 Å². The van der Waals surface area contributed by atoms with Crippen molar-refractivity contribution >= 4 is 24.0 Å². The molecule has 0 saturated carbocycles. The Morgan fingerprint density at radius 3 is 2.56 bits per heavy atom. The Bertz CT molecular complexity index is 715. The third-order valence-electron chi connectivity index (χ3n) is 4.89. The fourth-order valence-electron chi connectivity index (χ4n) is 3.60. The van der Waals surface area contributed by atoms with Gasteiger partial charge in [-0.3, -0.25) is 4.79 Å². The van der Waals surface area contributed by atoms with Gasteiger partial charge in [0.1, 0.15) is 0 Å². The van der Waals surface area contributed by atoms with E-state index in [9.17, 15) is 4.79 Å². The molecule has 25 heavy (non-hydrogen) atoms. The molecule has 0 saturated heterocycles. The van der Waals surface area contributed by atoms with Crippen LogP contribution < -0.4 is 11.1 Å². The smallest absolute Gasteiger partial charge is 0.251 e. The second-order valence-corrected chi connectivity index (χ2v) is 6.77. The third kappa shape index (κ3) is 4.76. The molecule has 1 unspecified atom stereocenters. The number of nitrogens with two attached hydrogens (primary N) is 1. The SMILES string of the molecule is CC(CCc1ccccc1)Nc1ccc2c(c1C(N)=O)CCCC2.Cl. The summed E-state index contributed by atoms with van der Waals surface area (Å²) in [6.45, 7) is 2.16. The summed E-state index contributed by atoms with van der Waals surface area (Å²) in [5.74, 6) is -0.313. The molecule has 1 aliphatic carbocycles. The van der Waals surface area contributed by atoms with Gasteiger partial charge in [-0.1, -0.05) is 36.4 Å². The van der Waals surface area contributed by atoms with Crippen molar-refractivity contribution in [2.75, 3.05) is 5.32 Å². The summed E-state index contributed by atoms with van der Waals surface area (Å²) in [6, 6.07) is 15.0. The number of benzene rings is 2. The number of hydrogen-bond acceptors (Lipinski definition) is 2. The number of rotatable bonds is 6. The van der Waals surface area contributed by atoms with Crippen molar-refractivity contribution in [3.05, 3.63) is 64.7 Å². The molecule has 0 bridgehead atoms. The molecule has 3 rings (SSSR count). The van der Waals surface area contributed by atoms with Crippen LogP contribution in [0, 0.1) is 0 Å². The lowest BCUT2D eigenvalue weighted by molar-refractivity contribution is 0.1000. The van der Waals surface area contributed by atoms with E-state index in [1.165, 1.54) is 17.5 Å². The van der Waals surface area contributed by atoms with Gasteiger partial charge >= 0.3 is 0 Å². The molecule has 1 atom stereocenters. The molecule has 3 nitrogen and oxygen atoms in total. The topological polar surface area (TPSA) is 55.1 Å². The summed E-state index contributed by atoms with van der Waals surface area (Å²) >= 11 is 0. The molecule has 1 aliphatic rings. The highest BCUT2D eigenvalue weighted by Gasteiger charge is 2.20. The standard InChI is InChI=1S/C21H26N2O.ClH/c1-15(11-12-16-7-3-2-4-8-16)23-19-14-13-17-9-5-6-10-18(17)20(19)21(22)24;/h2-4,7-8,13-15,23H,5-6,9-12H2,1H3,(H2,22,24);1H. The molecule has 0 fully saturated rings. The Labute approximate surface area is 156 Å². The Morgan fingerprint density at radius 2 is 1.84 bits per heavy atom. The molecule has 2 aromatic rings. The van der Waals surface area contributed by atoms with Crippen LogP contribution in [0.1, 0.15) is 53.2 Å². The molecular weight excluding hydrogens is 332 g/mol. The highest BCUT2D eigenvalue weighted by molar-refractivity contribution is 6.00. The first-order chi connectivity index (χ1) is 11.6. The van der Waals surface area contributed by atoms with E-state index >= 15 is 0 Å². The van der Waals surface area contributed by atoms with Crippen molar-refractivity contribution < 1.29 is 4.79 Å². The summed E-state index contributed by atoms with van der Waals surface area (Å²) in [5, 5.41) is 3.51. The Kier molecular flexibility index (Phi) is 6.89. The van der Waals surface area contributed by atoms with Crippen LogP contribution in [-0.4, -0.2) is 11.9 Å². The highest BCUT2D eigenvalue weighted by atomic mass is 35.5. The Balaban J connectivity index is 0.00000225. The molecule has 0 radical (unpaired) electrons. The van der Waals surface area contributed by atoms with Gasteiger partial charge in [-0.25, -0.2) is 0 Å². The first kappa shape index (κ1) is 19.3. The molecule has 0 aliphatic heterocycles. The summed E-state index contributed by atoms with van der Waals surface area (Å²) in [4.78, 5) is 12.0. The number of anilines is 1. The van der Waals surface area contributed by atoms with Gasteiger partial charge in [-0.2, -0.15) is 0 Å². The average molecular weight is 359 g/mol. The fraction of sp³-hybridized carbons (Fsp3) is 0.381. The predicted octanol–water partition coefficient (Wildman–Crippen LogP) is 4.52. The number of primary amides is 1. The monoisotopic (exact) mass is 358 g/mol. The number of aryl methyl sites for hydroxylation is 2. The van der Waals surface area contributed by atoms with E-state index in [1.807, 2.05) is 12.1 Å². The number of carbonyl (C=O) groups excluding carboxylic acids is 1. The lowest BCUT2D eigenvalue weighted by atomic mass is 9.87. The lowest BCUT2D eigenvalue weighted by Gasteiger charge is -2.23. The number of amides is 1. The highest BCUT2D eigenvalue weighted by Crippen LogP contribution is 2.30. The van der Waals surface area contributed by atoms with Gasteiger partial charge in [-0.05, 0) is 68.2 Å². The van der Waals surface area contributed by atoms with Crippen molar-refractivity contribution in [1.29, 1.82) is 0 Å². The normalized spacial score (nSPS) is 14.1. The van der Waals surface area contributed by atoms with Gasteiger partial charge in [0.2, 0.25) is 0 Å². The van der Waals surface area contributed by atoms with E-state index < -0.39 is 0 Å². The van der Waals surface area contributed by atoms with Crippen LogP contribution in [0.25, 0.3) is 0 Å². The molecule has 0 spiro atoms. The van der Waals surface area contributed by atoms with Crippen molar-refractivity contribution in [3.63, 3.8) is 0 Å². The van der Waals surface area contributed by atoms with Crippen LogP contribution in [0.15, 0.2) is 42.5 Å². The number of nitrogens with one attached hydrogen (secondary N) is 1. The first-order valence-corrected chi connectivity index (χ1v) is 8.90. The van der Waals surface area contributed by atoms with Crippen LogP contribution >= 0.6 is 12.4 Å². The van der Waals surface area contributed by atoms with E-state index in [4.69, 9.17) is 5.73 Å². The Hall–Kier alpha value is -2.00. The number of carbonyl (C=O) groups is 1. The Morgan fingerprint density at radius 1 is 1.12 bits per heavy atom. The molecular formula is C21H27ClN2O. The van der Waals surface area contributed by atoms with Crippen molar-refractivity contribution in [2.24, 2.45) is 5.73 Å². The summed E-state index contributed by atoms with van der Waals surface area (Å²) < 4.78 is 0. The molecule has 3 N–H and O–H groups in total. The maximum Gasteiger partial charge on any atom is 0.251 e. The van der Waals surface area contributed by atoms with Gasteiger partial charge in [0.25, 0.3) is 5.91 Å². The van der Waals surface area contributed by atoms with E-state index in [0.29, 0.717) is 5.56 Å². The van der Waals surface area contributed by atoms with Crippen LogP contribution in [-0.2, 0) is 19.3 Å². The van der Waals surface area contributed by atoms with Gasteiger partial charge in [0.15, 0.2) is 0 Å². The van der Waals surface area contributed by atoms with E-state index in [1.54, 1.807) is 0 Å². The quantitative estimate of drug-likeness (QED) is 0.797. The maximum absolute atomic E-state index is 12.0. The minimum absolute atomic E-state index is 0. The van der Waals surface area contributed by atoms with Crippen LogP contribution in [0.4, 0.5) is 5.69 Å². The number of fused-ring (bicyclic) bond motifs is 1. The predicted molar refractivity (Wildman–Crippen MR) is 107 cm³/mol. The first-order valence-electron chi connectivity index (χ1n) is 8.90. The minimum atomic E-state index is -0.313.